The molecule has 0 bridgehead atoms. The van der Waals surface area contributed by atoms with Gasteiger partial charge in [0.05, 0.1) is 12.4 Å². The Hall–Kier alpha value is -2.80. The highest BCUT2D eigenvalue weighted by Crippen LogP contribution is 2.28. The summed E-state index contributed by atoms with van der Waals surface area (Å²) in [7, 11) is 1.62. The summed E-state index contributed by atoms with van der Waals surface area (Å²) in [6, 6.07) is 17.3. The van der Waals surface area contributed by atoms with Gasteiger partial charge in [-0.2, -0.15) is 0 Å². The molecule has 0 saturated heterocycles. The van der Waals surface area contributed by atoms with E-state index in [4.69, 9.17) is 9.15 Å². The SMILES string of the molecule is CCN(Cc1ccccc1)C(=O)C(C)Sc1nnc(-c2ccc(OC)cc2)o1. The number of methoxy groups -OCH3 is 1. The Balaban J connectivity index is 1.64. The monoisotopic (exact) mass is 397 g/mol. The summed E-state index contributed by atoms with van der Waals surface area (Å²) in [6.07, 6.45) is 0. The zero-order valence-electron chi connectivity index (χ0n) is 16.2. The second-order valence-electron chi connectivity index (χ2n) is 6.20. The molecule has 1 aromatic heterocycles. The molecule has 3 aromatic rings. The highest BCUT2D eigenvalue weighted by molar-refractivity contribution is 8.00. The van der Waals surface area contributed by atoms with Gasteiger partial charge in [-0.3, -0.25) is 4.79 Å². The number of benzene rings is 2. The fraction of sp³-hybridized carbons (Fsp3) is 0.286. The number of carbonyl (C=O) groups excluding carboxylic acids is 1. The molecule has 1 amide bonds. The van der Waals surface area contributed by atoms with Gasteiger partial charge in [-0.1, -0.05) is 42.1 Å². The van der Waals surface area contributed by atoms with Gasteiger partial charge in [-0.15, -0.1) is 10.2 Å². The van der Waals surface area contributed by atoms with Crippen molar-refractivity contribution in [3.8, 4) is 17.2 Å². The predicted octanol–water partition coefficient (Wildman–Crippen LogP) is 4.27. The standard InChI is InChI=1S/C21H23N3O3S/c1-4-24(14-16-8-6-5-7-9-16)20(25)15(2)28-21-23-22-19(27-21)17-10-12-18(26-3)13-11-17/h5-13,15H,4,14H2,1-3H3. The summed E-state index contributed by atoms with van der Waals surface area (Å²) in [4.78, 5) is 14.7. The van der Waals surface area contributed by atoms with E-state index in [1.54, 1.807) is 7.11 Å². The van der Waals surface area contributed by atoms with Gasteiger partial charge in [-0.25, -0.2) is 0 Å². The van der Waals surface area contributed by atoms with Crippen LogP contribution >= 0.6 is 11.8 Å². The van der Waals surface area contributed by atoms with Crippen molar-refractivity contribution in [3.63, 3.8) is 0 Å². The maximum absolute atomic E-state index is 12.8. The first kappa shape index (κ1) is 19.9. The maximum Gasteiger partial charge on any atom is 0.277 e. The van der Waals surface area contributed by atoms with Gasteiger partial charge < -0.3 is 14.1 Å². The molecule has 2 aromatic carbocycles. The van der Waals surface area contributed by atoms with Crippen molar-refractivity contribution in [2.75, 3.05) is 13.7 Å². The highest BCUT2D eigenvalue weighted by Gasteiger charge is 2.23. The molecule has 1 atom stereocenters. The van der Waals surface area contributed by atoms with E-state index < -0.39 is 0 Å². The largest absolute Gasteiger partial charge is 0.497 e. The average molecular weight is 398 g/mol. The van der Waals surface area contributed by atoms with E-state index in [0.717, 1.165) is 16.9 Å². The molecule has 7 heteroatoms. The van der Waals surface area contributed by atoms with Crippen molar-refractivity contribution in [3.05, 3.63) is 60.2 Å². The lowest BCUT2D eigenvalue weighted by atomic mass is 10.2. The van der Waals surface area contributed by atoms with Crippen molar-refractivity contribution in [2.45, 2.75) is 30.9 Å². The predicted molar refractivity (Wildman–Crippen MR) is 109 cm³/mol. The molecular formula is C21H23N3O3S. The van der Waals surface area contributed by atoms with Gasteiger partial charge in [0.15, 0.2) is 0 Å². The van der Waals surface area contributed by atoms with Crippen LogP contribution in [0.25, 0.3) is 11.5 Å². The minimum atomic E-state index is -0.326. The third kappa shape index (κ3) is 4.92. The highest BCUT2D eigenvalue weighted by atomic mass is 32.2. The van der Waals surface area contributed by atoms with Gasteiger partial charge in [0.2, 0.25) is 11.8 Å². The summed E-state index contributed by atoms with van der Waals surface area (Å²) in [5.74, 6) is 1.22. The van der Waals surface area contributed by atoms with Crippen LogP contribution < -0.4 is 4.74 Å². The number of rotatable bonds is 8. The van der Waals surface area contributed by atoms with Gasteiger partial charge in [0.1, 0.15) is 5.75 Å². The first-order valence-electron chi connectivity index (χ1n) is 9.08. The molecule has 0 saturated carbocycles. The first-order valence-corrected chi connectivity index (χ1v) is 9.96. The fourth-order valence-electron chi connectivity index (χ4n) is 2.72. The topological polar surface area (TPSA) is 68.5 Å². The molecule has 3 rings (SSSR count). The maximum atomic E-state index is 12.8. The Kier molecular flexibility index (Phi) is 6.71. The average Bonchev–Trinajstić information content (AvgIpc) is 3.20. The Bertz CT molecular complexity index is 897. The molecule has 0 radical (unpaired) electrons. The Morgan fingerprint density at radius 3 is 2.50 bits per heavy atom. The summed E-state index contributed by atoms with van der Waals surface area (Å²) >= 11 is 1.27. The summed E-state index contributed by atoms with van der Waals surface area (Å²) in [6.45, 7) is 5.06. The Morgan fingerprint density at radius 2 is 1.86 bits per heavy atom. The van der Waals surface area contributed by atoms with Crippen molar-refractivity contribution < 1.29 is 13.9 Å². The van der Waals surface area contributed by atoms with Gasteiger partial charge in [-0.05, 0) is 43.7 Å². The van der Waals surface area contributed by atoms with Gasteiger partial charge in [0.25, 0.3) is 5.22 Å². The van der Waals surface area contributed by atoms with Gasteiger partial charge in [0, 0.05) is 18.7 Å². The van der Waals surface area contributed by atoms with Crippen LogP contribution in [0.1, 0.15) is 19.4 Å². The lowest BCUT2D eigenvalue weighted by Gasteiger charge is -2.23. The second-order valence-corrected chi connectivity index (χ2v) is 7.49. The molecule has 0 aliphatic carbocycles. The Morgan fingerprint density at radius 1 is 1.14 bits per heavy atom. The molecule has 0 aliphatic rings. The van der Waals surface area contributed by atoms with Crippen LogP contribution in [-0.4, -0.2) is 39.9 Å². The Labute approximate surface area is 168 Å². The van der Waals surface area contributed by atoms with E-state index >= 15 is 0 Å². The number of aromatic nitrogens is 2. The van der Waals surface area contributed by atoms with Crippen LogP contribution in [0.15, 0.2) is 64.2 Å². The molecular weight excluding hydrogens is 374 g/mol. The number of carbonyl (C=O) groups is 1. The molecule has 28 heavy (non-hydrogen) atoms. The van der Waals surface area contributed by atoms with Crippen LogP contribution in [0, 0.1) is 0 Å². The molecule has 146 valence electrons. The van der Waals surface area contributed by atoms with E-state index in [0.29, 0.717) is 24.2 Å². The minimum Gasteiger partial charge on any atom is -0.497 e. The van der Waals surface area contributed by atoms with Crippen LogP contribution in [0.4, 0.5) is 0 Å². The first-order chi connectivity index (χ1) is 13.6. The number of ether oxygens (including phenoxy) is 1. The van der Waals surface area contributed by atoms with Crippen LogP contribution in [-0.2, 0) is 11.3 Å². The smallest absolute Gasteiger partial charge is 0.277 e. The second kappa shape index (κ2) is 9.41. The third-order valence-corrected chi connectivity index (χ3v) is 5.20. The van der Waals surface area contributed by atoms with Gasteiger partial charge >= 0.3 is 0 Å². The number of nitrogens with zero attached hydrogens (tertiary/aromatic N) is 3. The fourth-order valence-corrected chi connectivity index (χ4v) is 3.48. The molecule has 0 aliphatic heterocycles. The third-order valence-electron chi connectivity index (χ3n) is 4.28. The minimum absolute atomic E-state index is 0.0422. The zero-order valence-corrected chi connectivity index (χ0v) is 17.0. The van der Waals surface area contributed by atoms with E-state index in [-0.39, 0.29) is 11.2 Å². The molecule has 6 nitrogen and oxygen atoms in total. The van der Waals surface area contributed by atoms with Crippen LogP contribution in [0.2, 0.25) is 0 Å². The zero-order chi connectivity index (χ0) is 19.9. The van der Waals surface area contributed by atoms with Crippen molar-refractivity contribution in [1.82, 2.24) is 15.1 Å². The normalized spacial score (nSPS) is 11.8. The van der Waals surface area contributed by atoms with E-state index in [1.165, 1.54) is 11.8 Å². The lowest BCUT2D eigenvalue weighted by Crippen LogP contribution is -2.35. The summed E-state index contributed by atoms with van der Waals surface area (Å²) in [5, 5.41) is 8.21. The van der Waals surface area contributed by atoms with Crippen LogP contribution in [0.3, 0.4) is 0 Å². The van der Waals surface area contributed by atoms with Crippen molar-refractivity contribution in [2.24, 2.45) is 0 Å². The number of thioether (sulfide) groups is 1. The number of hydrogen-bond donors (Lipinski definition) is 0. The molecule has 0 fully saturated rings. The van der Waals surface area contributed by atoms with E-state index in [2.05, 4.69) is 10.2 Å². The quantitative estimate of drug-likeness (QED) is 0.529. The molecule has 0 N–H and O–H groups in total. The molecule has 0 spiro atoms. The van der Waals surface area contributed by atoms with Crippen molar-refractivity contribution >= 4 is 17.7 Å². The van der Waals surface area contributed by atoms with Crippen LogP contribution in [0.5, 0.6) is 5.75 Å². The summed E-state index contributed by atoms with van der Waals surface area (Å²) in [5.41, 5.74) is 1.91. The lowest BCUT2D eigenvalue weighted by molar-refractivity contribution is -0.130. The molecule has 1 unspecified atom stereocenters. The number of hydrogen-bond acceptors (Lipinski definition) is 6. The van der Waals surface area contributed by atoms with Crippen molar-refractivity contribution in [1.29, 1.82) is 0 Å². The summed E-state index contributed by atoms with van der Waals surface area (Å²) < 4.78 is 10.9. The van der Waals surface area contributed by atoms with E-state index in [1.807, 2.05) is 73.3 Å². The molecule has 1 heterocycles. The van der Waals surface area contributed by atoms with E-state index in [9.17, 15) is 4.79 Å². The number of amides is 1.